The number of carbonyl (C=O) groups is 1. The lowest BCUT2D eigenvalue weighted by Crippen LogP contribution is -2.22. The number of Topliss-reactive ketones (excluding diaryl/α,β-unsaturated/α-hetero) is 1. The molecule has 0 spiro atoms. The van der Waals surface area contributed by atoms with E-state index in [0.29, 0.717) is 5.56 Å². The molecule has 0 aromatic carbocycles. The van der Waals surface area contributed by atoms with E-state index in [1.165, 1.54) is 16.4 Å². The van der Waals surface area contributed by atoms with Gasteiger partial charge in [-0.05, 0) is 6.92 Å². The summed E-state index contributed by atoms with van der Waals surface area (Å²) in [6, 6.07) is 0. The van der Waals surface area contributed by atoms with Crippen LogP contribution in [0.3, 0.4) is 0 Å². The summed E-state index contributed by atoms with van der Waals surface area (Å²) in [4.78, 5) is 27.1. The van der Waals surface area contributed by atoms with Crippen LogP contribution in [-0.2, 0) is 24.8 Å². The van der Waals surface area contributed by atoms with Crippen LogP contribution < -0.4 is 10.4 Å². The first kappa shape index (κ1) is 13.9. The van der Waals surface area contributed by atoms with Gasteiger partial charge in [-0.25, -0.2) is 9.48 Å². The van der Waals surface area contributed by atoms with E-state index in [4.69, 9.17) is 4.74 Å². The standard InChI is InChI=1S/C12H15N5O3/c1-8-5-17(15-14-8)7-10(18)4-9-6-16(2)12(19)13-11(9)20-3/h5-6H,4,7H2,1-3H3. The fourth-order valence-corrected chi connectivity index (χ4v) is 1.80. The summed E-state index contributed by atoms with van der Waals surface area (Å²) in [5.41, 5.74) is 0.889. The molecule has 8 nitrogen and oxygen atoms in total. The van der Waals surface area contributed by atoms with E-state index in [1.54, 1.807) is 26.4 Å². The molecule has 20 heavy (non-hydrogen) atoms. The Morgan fingerprint density at radius 1 is 1.40 bits per heavy atom. The third-order valence-electron chi connectivity index (χ3n) is 2.70. The topological polar surface area (TPSA) is 91.9 Å². The summed E-state index contributed by atoms with van der Waals surface area (Å²) in [6.07, 6.45) is 3.36. The first-order chi connectivity index (χ1) is 9.49. The Morgan fingerprint density at radius 3 is 2.75 bits per heavy atom. The van der Waals surface area contributed by atoms with Crippen LogP contribution in [-0.4, -0.2) is 37.4 Å². The van der Waals surface area contributed by atoms with Crippen LogP contribution in [0.1, 0.15) is 11.3 Å². The molecule has 0 bridgehead atoms. The van der Waals surface area contributed by atoms with Crippen LogP contribution in [0, 0.1) is 6.92 Å². The normalized spacial score (nSPS) is 10.6. The van der Waals surface area contributed by atoms with Crippen LogP contribution in [0.25, 0.3) is 0 Å². The minimum atomic E-state index is -0.426. The van der Waals surface area contributed by atoms with E-state index < -0.39 is 5.69 Å². The number of ketones is 1. The number of ether oxygens (including phenoxy) is 1. The minimum absolute atomic E-state index is 0.0753. The highest BCUT2D eigenvalue weighted by Crippen LogP contribution is 2.13. The highest BCUT2D eigenvalue weighted by Gasteiger charge is 2.13. The maximum Gasteiger partial charge on any atom is 0.350 e. The third-order valence-corrected chi connectivity index (χ3v) is 2.70. The Hall–Kier alpha value is -2.51. The van der Waals surface area contributed by atoms with Crippen molar-refractivity contribution in [1.82, 2.24) is 24.5 Å². The maximum atomic E-state index is 12.0. The molecule has 0 aliphatic rings. The average Bonchev–Trinajstić information content (AvgIpc) is 2.78. The smallest absolute Gasteiger partial charge is 0.350 e. The molecule has 2 aromatic heterocycles. The molecule has 0 N–H and O–H groups in total. The molecule has 0 fully saturated rings. The van der Waals surface area contributed by atoms with Crippen molar-refractivity contribution >= 4 is 5.78 Å². The molecule has 0 radical (unpaired) electrons. The third kappa shape index (κ3) is 3.08. The van der Waals surface area contributed by atoms with Gasteiger partial charge in [0.15, 0.2) is 5.78 Å². The number of hydrogen-bond donors (Lipinski definition) is 0. The summed E-state index contributed by atoms with van der Waals surface area (Å²) in [5, 5.41) is 7.63. The van der Waals surface area contributed by atoms with Gasteiger partial charge in [0.2, 0.25) is 5.88 Å². The summed E-state index contributed by atoms with van der Waals surface area (Å²) >= 11 is 0. The zero-order valence-electron chi connectivity index (χ0n) is 11.5. The largest absolute Gasteiger partial charge is 0.481 e. The van der Waals surface area contributed by atoms with Gasteiger partial charge in [-0.2, -0.15) is 4.98 Å². The predicted octanol–water partition coefficient (Wildman–Crippen LogP) is -0.499. The van der Waals surface area contributed by atoms with Gasteiger partial charge in [0.1, 0.15) is 6.54 Å². The van der Waals surface area contributed by atoms with Crippen molar-refractivity contribution in [1.29, 1.82) is 0 Å². The minimum Gasteiger partial charge on any atom is -0.481 e. The number of aromatic nitrogens is 5. The molecule has 0 saturated carbocycles. The molecule has 0 atom stereocenters. The Morgan fingerprint density at radius 2 is 2.15 bits per heavy atom. The maximum absolute atomic E-state index is 12.0. The highest BCUT2D eigenvalue weighted by molar-refractivity contribution is 5.81. The molecule has 2 rings (SSSR count). The molecule has 0 unspecified atom stereocenters. The lowest BCUT2D eigenvalue weighted by molar-refractivity contribution is -0.119. The zero-order chi connectivity index (χ0) is 14.7. The van der Waals surface area contributed by atoms with Crippen LogP contribution in [0.4, 0.5) is 0 Å². The fraction of sp³-hybridized carbons (Fsp3) is 0.417. The van der Waals surface area contributed by atoms with Crippen molar-refractivity contribution in [2.45, 2.75) is 19.9 Å². The molecule has 0 saturated heterocycles. The van der Waals surface area contributed by atoms with Crippen LogP contribution in [0.15, 0.2) is 17.2 Å². The number of nitrogens with zero attached hydrogens (tertiary/aromatic N) is 5. The van der Waals surface area contributed by atoms with E-state index in [-0.39, 0.29) is 24.6 Å². The molecule has 0 aliphatic carbocycles. The van der Waals surface area contributed by atoms with E-state index in [2.05, 4.69) is 15.3 Å². The van der Waals surface area contributed by atoms with Gasteiger partial charge in [-0.1, -0.05) is 5.21 Å². The van der Waals surface area contributed by atoms with Crippen molar-refractivity contribution in [3.63, 3.8) is 0 Å². The summed E-state index contributed by atoms with van der Waals surface area (Å²) in [6.45, 7) is 1.92. The van der Waals surface area contributed by atoms with Gasteiger partial charge in [0.05, 0.1) is 12.8 Å². The van der Waals surface area contributed by atoms with Crippen molar-refractivity contribution in [3.8, 4) is 5.88 Å². The lowest BCUT2D eigenvalue weighted by Gasteiger charge is -2.08. The highest BCUT2D eigenvalue weighted by atomic mass is 16.5. The zero-order valence-corrected chi connectivity index (χ0v) is 11.5. The fourth-order valence-electron chi connectivity index (χ4n) is 1.80. The molecular weight excluding hydrogens is 262 g/mol. The number of rotatable bonds is 5. The van der Waals surface area contributed by atoms with Gasteiger partial charge in [0.25, 0.3) is 0 Å². The summed E-state index contributed by atoms with van der Waals surface area (Å²) in [7, 11) is 2.99. The van der Waals surface area contributed by atoms with Crippen LogP contribution >= 0.6 is 0 Å². The van der Waals surface area contributed by atoms with Crippen molar-refractivity contribution in [3.05, 3.63) is 34.1 Å². The second-order valence-corrected chi connectivity index (χ2v) is 4.44. The Balaban J connectivity index is 2.15. The SMILES string of the molecule is COc1nc(=O)n(C)cc1CC(=O)Cn1cc(C)nn1. The number of methoxy groups -OCH3 is 1. The molecule has 2 heterocycles. The van der Waals surface area contributed by atoms with Gasteiger partial charge in [-0.3, -0.25) is 4.79 Å². The van der Waals surface area contributed by atoms with Gasteiger partial charge < -0.3 is 9.30 Å². The second-order valence-electron chi connectivity index (χ2n) is 4.44. The Labute approximate surface area is 115 Å². The monoisotopic (exact) mass is 277 g/mol. The van der Waals surface area contributed by atoms with Crippen LogP contribution in [0.2, 0.25) is 0 Å². The van der Waals surface area contributed by atoms with Gasteiger partial charge in [-0.15, -0.1) is 5.10 Å². The number of hydrogen-bond acceptors (Lipinski definition) is 6. The van der Waals surface area contributed by atoms with E-state index in [0.717, 1.165) is 5.69 Å². The molecule has 2 aromatic rings. The van der Waals surface area contributed by atoms with Crippen LogP contribution in [0.5, 0.6) is 5.88 Å². The van der Waals surface area contributed by atoms with E-state index in [9.17, 15) is 9.59 Å². The molecular formula is C12H15N5O3. The Kier molecular flexibility index (Phi) is 3.92. The van der Waals surface area contributed by atoms with Crippen molar-refractivity contribution in [2.24, 2.45) is 7.05 Å². The van der Waals surface area contributed by atoms with E-state index >= 15 is 0 Å². The number of aryl methyl sites for hydroxylation is 2. The molecule has 0 amide bonds. The lowest BCUT2D eigenvalue weighted by atomic mass is 10.1. The number of carbonyl (C=O) groups excluding carboxylic acids is 1. The average molecular weight is 277 g/mol. The van der Waals surface area contributed by atoms with Crippen molar-refractivity contribution < 1.29 is 9.53 Å². The second kappa shape index (κ2) is 5.64. The molecule has 106 valence electrons. The Bertz CT molecular complexity index is 689. The quantitative estimate of drug-likeness (QED) is 0.731. The first-order valence-electron chi connectivity index (χ1n) is 5.98. The molecule has 0 aliphatic heterocycles. The van der Waals surface area contributed by atoms with Gasteiger partial charge in [0, 0.05) is 31.4 Å². The first-order valence-corrected chi connectivity index (χ1v) is 5.98. The summed E-state index contributed by atoms with van der Waals surface area (Å²) in [5.74, 6) is 0.102. The molecule has 8 heteroatoms. The van der Waals surface area contributed by atoms with Crippen molar-refractivity contribution in [2.75, 3.05) is 7.11 Å². The predicted molar refractivity (Wildman–Crippen MR) is 69.5 cm³/mol. The summed E-state index contributed by atoms with van der Waals surface area (Å²) < 4.78 is 7.81. The van der Waals surface area contributed by atoms with E-state index in [1.807, 2.05) is 0 Å². The van der Waals surface area contributed by atoms with Gasteiger partial charge >= 0.3 is 5.69 Å².